The SMILES string of the molecule is COc1ccccc1CCN(C)C(=O)C(N)C1CCOCC1. The molecule has 5 heteroatoms. The van der Waals surface area contributed by atoms with Crippen LogP contribution in [0.1, 0.15) is 18.4 Å². The van der Waals surface area contributed by atoms with E-state index in [0.717, 1.165) is 30.6 Å². The molecule has 0 aliphatic carbocycles. The molecule has 2 N–H and O–H groups in total. The first-order valence-electron chi connectivity index (χ1n) is 7.83. The first kappa shape index (κ1) is 16.8. The van der Waals surface area contributed by atoms with Gasteiger partial charge in [-0.15, -0.1) is 0 Å². The van der Waals surface area contributed by atoms with E-state index in [2.05, 4.69) is 0 Å². The molecule has 1 atom stereocenters. The summed E-state index contributed by atoms with van der Waals surface area (Å²) in [6.45, 7) is 2.04. The largest absolute Gasteiger partial charge is 0.496 e. The zero-order valence-electron chi connectivity index (χ0n) is 13.5. The van der Waals surface area contributed by atoms with Gasteiger partial charge in [0.25, 0.3) is 0 Å². The highest BCUT2D eigenvalue weighted by molar-refractivity contribution is 5.81. The van der Waals surface area contributed by atoms with Gasteiger partial charge in [-0.2, -0.15) is 0 Å². The van der Waals surface area contributed by atoms with Gasteiger partial charge in [0, 0.05) is 26.8 Å². The van der Waals surface area contributed by atoms with Crippen molar-refractivity contribution in [3.63, 3.8) is 0 Å². The second-order valence-electron chi connectivity index (χ2n) is 5.80. The van der Waals surface area contributed by atoms with Crippen LogP contribution < -0.4 is 10.5 Å². The Morgan fingerprint density at radius 2 is 2.09 bits per heavy atom. The van der Waals surface area contributed by atoms with Gasteiger partial charge in [0.05, 0.1) is 13.2 Å². The monoisotopic (exact) mass is 306 g/mol. The fourth-order valence-electron chi connectivity index (χ4n) is 2.84. The summed E-state index contributed by atoms with van der Waals surface area (Å²) in [6.07, 6.45) is 2.49. The van der Waals surface area contributed by atoms with Gasteiger partial charge in [-0.05, 0) is 36.8 Å². The van der Waals surface area contributed by atoms with E-state index >= 15 is 0 Å². The maximum absolute atomic E-state index is 12.4. The molecule has 1 aromatic rings. The van der Waals surface area contributed by atoms with Crippen LogP contribution in [0.4, 0.5) is 0 Å². The smallest absolute Gasteiger partial charge is 0.239 e. The maximum Gasteiger partial charge on any atom is 0.239 e. The van der Waals surface area contributed by atoms with Crippen molar-refractivity contribution in [1.82, 2.24) is 4.90 Å². The molecule has 1 aliphatic heterocycles. The fourth-order valence-corrected chi connectivity index (χ4v) is 2.84. The van der Waals surface area contributed by atoms with Crippen LogP contribution in [0.2, 0.25) is 0 Å². The molecule has 5 nitrogen and oxygen atoms in total. The van der Waals surface area contributed by atoms with Gasteiger partial charge in [0.2, 0.25) is 5.91 Å². The number of amides is 1. The van der Waals surface area contributed by atoms with Crippen molar-refractivity contribution >= 4 is 5.91 Å². The van der Waals surface area contributed by atoms with Gasteiger partial charge < -0.3 is 20.1 Å². The molecule has 1 amide bonds. The van der Waals surface area contributed by atoms with E-state index < -0.39 is 6.04 Å². The van der Waals surface area contributed by atoms with Crippen molar-refractivity contribution in [2.45, 2.75) is 25.3 Å². The lowest BCUT2D eigenvalue weighted by molar-refractivity contribution is -0.133. The minimum absolute atomic E-state index is 0.0156. The quantitative estimate of drug-likeness (QED) is 0.864. The Kier molecular flexibility index (Phi) is 6.21. The fraction of sp³-hybridized carbons (Fsp3) is 0.588. The Bertz CT molecular complexity index is 487. The number of hydrogen-bond acceptors (Lipinski definition) is 4. The predicted molar refractivity (Wildman–Crippen MR) is 85.9 cm³/mol. The minimum atomic E-state index is -0.424. The molecule has 0 saturated carbocycles. The van der Waals surface area contributed by atoms with Crippen LogP contribution in [0.15, 0.2) is 24.3 Å². The molecule has 1 aliphatic rings. The highest BCUT2D eigenvalue weighted by atomic mass is 16.5. The van der Waals surface area contributed by atoms with Crippen LogP contribution >= 0.6 is 0 Å². The first-order valence-corrected chi connectivity index (χ1v) is 7.83. The van der Waals surface area contributed by atoms with E-state index in [9.17, 15) is 4.79 Å². The van der Waals surface area contributed by atoms with Gasteiger partial charge in [0.1, 0.15) is 5.75 Å². The zero-order valence-corrected chi connectivity index (χ0v) is 13.5. The number of para-hydroxylation sites is 1. The van der Waals surface area contributed by atoms with Gasteiger partial charge in [0.15, 0.2) is 0 Å². The highest BCUT2D eigenvalue weighted by Gasteiger charge is 2.28. The number of methoxy groups -OCH3 is 1. The Morgan fingerprint density at radius 3 is 2.77 bits per heavy atom. The number of benzene rings is 1. The molecule has 1 saturated heterocycles. The zero-order chi connectivity index (χ0) is 15.9. The summed E-state index contributed by atoms with van der Waals surface area (Å²) in [5.74, 6) is 1.11. The van der Waals surface area contributed by atoms with Crippen molar-refractivity contribution in [2.24, 2.45) is 11.7 Å². The average Bonchev–Trinajstić information content (AvgIpc) is 2.59. The summed E-state index contributed by atoms with van der Waals surface area (Å²) in [7, 11) is 3.48. The lowest BCUT2D eigenvalue weighted by Crippen LogP contribution is -2.48. The van der Waals surface area contributed by atoms with E-state index in [-0.39, 0.29) is 11.8 Å². The summed E-state index contributed by atoms with van der Waals surface area (Å²) >= 11 is 0. The van der Waals surface area contributed by atoms with Crippen LogP contribution in [-0.2, 0) is 16.0 Å². The number of rotatable bonds is 6. The average molecular weight is 306 g/mol. The van der Waals surface area contributed by atoms with E-state index in [1.54, 1.807) is 12.0 Å². The van der Waals surface area contributed by atoms with Gasteiger partial charge >= 0.3 is 0 Å². The van der Waals surface area contributed by atoms with Crippen LogP contribution in [0.5, 0.6) is 5.75 Å². The lowest BCUT2D eigenvalue weighted by atomic mass is 9.91. The Labute approximate surface area is 132 Å². The molecule has 0 bridgehead atoms. The van der Waals surface area contributed by atoms with Crippen molar-refractivity contribution < 1.29 is 14.3 Å². The van der Waals surface area contributed by atoms with Crippen molar-refractivity contribution in [3.8, 4) is 5.75 Å². The normalized spacial score (nSPS) is 17.0. The number of hydrogen-bond donors (Lipinski definition) is 1. The highest BCUT2D eigenvalue weighted by Crippen LogP contribution is 2.20. The number of nitrogens with zero attached hydrogens (tertiary/aromatic N) is 1. The maximum atomic E-state index is 12.4. The van der Waals surface area contributed by atoms with Crippen LogP contribution in [-0.4, -0.2) is 50.8 Å². The molecule has 0 radical (unpaired) electrons. The molecule has 0 aromatic heterocycles. The van der Waals surface area contributed by atoms with Crippen molar-refractivity contribution in [3.05, 3.63) is 29.8 Å². The van der Waals surface area contributed by atoms with E-state index in [1.807, 2.05) is 31.3 Å². The molecule has 1 fully saturated rings. The van der Waals surface area contributed by atoms with E-state index in [4.69, 9.17) is 15.2 Å². The Hall–Kier alpha value is -1.59. The van der Waals surface area contributed by atoms with Crippen molar-refractivity contribution in [1.29, 1.82) is 0 Å². The van der Waals surface area contributed by atoms with Crippen LogP contribution in [0.25, 0.3) is 0 Å². The molecule has 0 spiro atoms. The Morgan fingerprint density at radius 1 is 1.41 bits per heavy atom. The molecular formula is C17H26N2O3. The topological polar surface area (TPSA) is 64.8 Å². The summed E-state index contributed by atoms with van der Waals surface area (Å²) in [5.41, 5.74) is 7.25. The van der Waals surface area contributed by atoms with Gasteiger partial charge in [-0.3, -0.25) is 4.79 Å². The summed E-state index contributed by atoms with van der Waals surface area (Å²) in [4.78, 5) is 14.2. The minimum Gasteiger partial charge on any atom is -0.496 e. The third kappa shape index (κ3) is 4.21. The van der Waals surface area contributed by atoms with Gasteiger partial charge in [-0.25, -0.2) is 0 Å². The van der Waals surface area contributed by atoms with Crippen LogP contribution in [0, 0.1) is 5.92 Å². The standard InChI is InChI=1S/C17H26N2O3/c1-19(10-7-13-5-3-4-6-15(13)21-2)17(20)16(18)14-8-11-22-12-9-14/h3-6,14,16H,7-12,18H2,1-2H3. The third-order valence-corrected chi connectivity index (χ3v) is 4.34. The molecule has 1 aromatic carbocycles. The number of carbonyl (C=O) groups is 1. The predicted octanol–water partition coefficient (Wildman–Crippen LogP) is 1.45. The molecule has 22 heavy (non-hydrogen) atoms. The number of nitrogens with two attached hydrogens (primary N) is 1. The summed E-state index contributed by atoms with van der Waals surface area (Å²) < 4.78 is 10.7. The lowest BCUT2D eigenvalue weighted by Gasteiger charge is -2.30. The molecule has 122 valence electrons. The molecule has 1 heterocycles. The molecular weight excluding hydrogens is 280 g/mol. The second kappa shape index (κ2) is 8.15. The first-order chi connectivity index (χ1) is 10.6. The van der Waals surface area contributed by atoms with Crippen LogP contribution in [0.3, 0.4) is 0 Å². The van der Waals surface area contributed by atoms with Gasteiger partial charge in [-0.1, -0.05) is 18.2 Å². The number of carbonyl (C=O) groups excluding carboxylic acids is 1. The second-order valence-corrected chi connectivity index (χ2v) is 5.80. The van der Waals surface area contributed by atoms with E-state index in [1.165, 1.54) is 0 Å². The van der Waals surface area contributed by atoms with E-state index in [0.29, 0.717) is 19.8 Å². The Balaban J connectivity index is 1.88. The molecule has 1 unspecified atom stereocenters. The number of likely N-dealkylation sites (N-methyl/N-ethyl adjacent to an activating group) is 1. The summed E-state index contributed by atoms with van der Waals surface area (Å²) in [5, 5.41) is 0. The summed E-state index contributed by atoms with van der Waals surface area (Å²) in [6, 6.07) is 7.46. The molecule has 2 rings (SSSR count). The van der Waals surface area contributed by atoms with Crippen molar-refractivity contribution in [2.75, 3.05) is 33.9 Å². The number of ether oxygens (including phenoxy) is 2. The third-order valence-electron chi connectivity index (χ3n) is 4.34.